The van der Waals surface area contributed by atoms with Gasteiger partial charge in [-0.1, -0.05) is 26.0 Å². The molecular formula is C25H36N8O4. The minimum absolute atomic E-state index is 0.101. The summed E-state index contributed by atoms with van der Waals surface area (Å²) in [5.74, 6) is 0.541. The van der Waals surface area contributed by atoms with Gasteiger partial charge in [0.15, 0.2) is 0 Å². The van der Waals surface area contributed by atoms with E-state index in [0.717, 1.165) is 18.5 Å². The van der Waals surface area contributed by atoms with Crippen LogP contribution in [0.25, 0.3) is 0 Å². The minimum Gasteiger partial charge on any atom is -0.391 e. The van der Waals surface area contributed by atoms with Crippen molar-refractivity contribution in [2.24, 2.45) is 5.41 Å². The first-order valence-electron chi connectivity index (χ1n) is 13.0. The number of aliphatic hydroxyl groups is 1. The largest absolute Gasteiger partial charge is 0.391 e. The molecule has 0 aromatic carbocycles. The molecule has 0 spiro atoms. The Bertz CT molecular complexity index is 1100. The van der Waals surface area contributed by atoms with Gasteiger partial charge in [-0.25, -0.2) is 14.6 Å². The monoisotopic (exact) mass is 512 g/mol. The maximum absolute atomic E-state index is 13.9. The van der Waals surface area contributed by atoms with Gasteiger partial charge in [-0.2, -0.15) is 0 Å². The van der Waals surface area contributed by atoms with Gasteiger partial charge in [0, 0.05) is 37.9 Å². The molecule has 5 atom stereocenters. The molecule has 0 bridgehead atoms. The molecular weight excluding hydrogens is 476 g/mol. The van der Waals surface area contributed by atoms with Crippen molar-refractivity contribution in [3.8, 4) is 0 Å². The number of β-amino-alcohol motifs (C(OH)–C–C–N with tert-alkyl or cyclic N) is 1. The van der Waals surface area contributed by atoms with Crippen LogP contribution in [0.15, 0.2) is 24.8 Å². The van der Waals surface area contributed by atoms with E-state index >= 15 is 0 Å². The molecule has 3 aliphatic rings. The van der Waals surface area contributed by atoms with Crippen molar-refractivity contribution in [2.75, 3.05) is 25.1 Å². The Morgan fingerprint density at radius 3 is 2.73 bits per heavy atom. The van der Waals surface area contributed by atoms with E-state index < -0.39 is 23.6 Å². The molecule has 0 unspecified atom stereocenters. The average Bonchev–Trinajstić information content (AvgIpc) is 3.47. The van der Waals surface area contributed by atoms with Crippen LogP contribution in [0.2, 0.25) is 0 Å². The number of likely N-dealkylation sites (tertiary alicyclic amines) is 1. The van der Waals surface area contributed by atoms with E-state index in [1.807, 2.05) is 27.0 Å². The average molecular weight is 513 g/mol. The quantitative estimate of drug-likeness (QED) is 0.492. The van der Waals surface area contributed by atoms with Crippen molar-refractivity contribution in [3.63, 3.8) is 0 Å². The molecule has 200 valence electrons. The van der Waals surface area contributed by atoms with Gasteiger partial charge in [0.05, 0.1) is 30.5 Å². The van der Waals surface area contributed by atoms with Crippen molar-refractivity contribution in [1.82, 2.24) is 35.2 Å². The fraction of sp³-hybridized carbons (Fsp3) is 0.680. The molecule has 12 heteroatoms. The summed E-state index contributed by atoms with van der Waals surface area (Å²) < 4.78 is 7.27. The van der Waals surface area contributed by atoms with Gasteiger partial charge in [0.1, 0.15) is 24.2 Å². The van der Waals surface area contributed by atoms with Crippen LogP contribution in [0.4, 0.5) is 5.82 Å². The van der Waals surface area contributed by atoms with Gasteiger partial charge < -0.3 is 25.4 Å². The molecule has 2 amide bonds. The van der Waals surface area contributed by atoms with Crippen molar-refractivity contribution in [1.29, 1.82) is 0 Å². The Labute approximate surface area is 216 Å². The molecule has 1 aliphatic carbocycles. The highest BCUT2D eigenvalue weighted by atomic mass is 16.5. The topological polar surface area (TPSA) is 147 Å². The molecule has 2 aromatic rings. The molecule has 37 heavy (non-hydrogen) atoms. The van der Waals surface area contributed by atoms with Crippen LogP contribution in [0.3, 0.4) is 0 Å². The van der Waals surface area contributed by atoms with Crippen LogP contribution in [0.5, 0.6) is 0 Å². The SMILES string of the molecule is CC(C)(C)[C@@H](C(=O)N1C[C@H](O)C[C@H]1C(=O)N[C@@H]1CCOC[C@@H]1Nc1ccncn1)n1cc(C2CC2)nn1. The zero-order valence-corrected chi connectivity index (χ0v) is 21.6. The third kappa shape index (κ3) is 5.74. The first-order valence-corrected chi connectivity index (χ1v) is 13.0. The van der Waals surface area contributed by atoms with Crippen LogP contribution >= 0.6 is 0 Å². The number of carbonyl (C=O) groups excluding carboxylic acids is 2. The van der Waals surface area contributed by atoms with Crippen LogP contribution in [0.1, 0.15) is 64.1 Å². The summed E-state index contributed by atoms with van der Waals surface area (Å²) in [6.07, 6.45) is 7.17. The van der Waals surface area contributed by atoms with Gasteiger partial charge in [0.2, 0.25) is 11.8 Å². The standard InChI is InChI=1S/C25H36N8O4/c1-25(2,3)22(33-12-18(30-31-33)15-4-5-15)24(36)32-11-16(34)10-20(32)23(35)29-17-7-9-37-13-19(17)28-21-6-8-26-14-27-21/h6,8,12,14-17,19-20,22,34H,4-5,7,9-11,13H2,1-3H3,(H,29,35)(H,26,27,28)/t16-,17-,19+,20+,22-/m1/s1. The molecule has 2 saturated heterocycles. The van der Waals surface area contributed by atoms with E-state index in [-0.39, 0.29) is 36.9 Å². The second-order valence-corrected chi connectivity index (χ2v) is 11.4. The van der Waals surface area contributed by atoms with Gasteiger partial charge in [-0.05, 0) is 30.7 Å². The number of ether oxygens (including phenoxy) is 1. The van der Waals surface area contributed by atoms with Gasteiger partial charge in [-0.3, -0.25) is 9.59 Å². The summed E-state index contributed by atoms with van der Waals surface area (Å²) in [7, 11) is 0. The number of amides is 2. The second-order valence-electron chi connectivity index (χ2n) is 11.4. The fourth-order valence-corrected chi connectivity index (χ4v) is 5.22. The Hall–Kier alpha value is -3.12. The molecule has 3 fully saturated rings. The second kappa shape index (κ2) is 10.3. The first-order chi connectivity index (χ1) is 17.7. The van der Waals surface area contributed by atoms with Crippen molar-refractivity contribution in [3.05, 3.63) is 30.5 Å². The Kier molecular flexibility index (Phi) is 7.13. The maximum atomic E-state index is 13.9. The Balaban J connectivity index is 1.31. The predicted molar refractivity (Wildman–Crippen MR) is 133 cm³/mol. The number of rotatable bonds is 7. The highest BCUT2D eigenvalue weighted by Crippen LogP contribution is 2.40. The number of nitrogens with one attached hydrogen (secondary N) is 2. The third-order valence-corrected chi connectivity index (χ3v) is 7.31. The van der Waals surface area contributed by atoms with Crippen molar-refractivity contribution >= 4 is 17.6 Å². The lowest BCUT2D eigenvalue weighted by atomic mass is 9.85. The van der Waals surface area contributed by atoms with E-state index in [1.54, 1.807) is 16.9 Å². The lowest BCUT2D eigenvalue weighted by Gasteiger charge is -2.36. The number of hydrogen-bond donors (Lipinski definition) is 3. The lowest BCUT2D eigenvalue weighted by Crippen LogP contribution is -2.57. The molecule has 2 aromatic heterocycles. The summed E-state index contributed by atoms with van der Waals surface area (Å²) in [6, 6.07) is -0.0843. The van der Waals surface area contributed by atoms with Crippen LogP contribution in [0, 0.1) is 5.41 Å². The van der Waals surface area contributed by atoms with E-state index in [4.69, 9.17) is 4.74 Å². The smallest absolute Gasteiger partial charge is 0.248 e. The zero-order chi connectivity index (χ0) is 26.2. The zero-order valence-electron chi connectivity index (χ0n) is 21.6. The number of aliphatic hydroxyl groups excluding tert-OH is 1. The van der Waals surface area contributed by atoms with Gasteiger partial charge in [-0.15, -0.1) is 5.10 Å². The van der Waals surface area contributed by atoms with Crippen molar-refractivity contribution < 1.29 is 19.4 Å². The summed E-state index contributed by atoms with van der Waals surface area (Å²) in [6.45, 7) is 6.95. The molecule has 1 saturated carbocycles. The van der Waals surface area contributed by atoms with Crippen LogP contribution in [-0.4, -0.2) is 90.8 Å². The normalized spacial score (nSPS) is 27.1. The summed E-state index contributed by atoms with van der Waals surface area (Å²) in [5, 5.41) is 25.5. The minimum atomic E-state index is -0.777. The molecule has 5 rings (SSSR count). The summed E-state index contributed by atoms with van der Waals surface area (Å²) in [5.41, 5.74) is 0.424. The number of hydrogen-bond acceptors (Lipinski definition) is 9. The molecule has 2 aliphatic heterocycles. The maximum Gasteiger partial charge on any atom is 0.248 e. The molecule has 4 heterocycles. The fourth-order valence-electron chi connectivity index (χ4n) is 5.22. The number of carbonyl (C=O) groups is 2. The Morgan fingerprint density at radius 2 is 2.03 bits per heavy atom. The summed E-state index contributed by atoms with van der Waals surface area (Å²) in [4.78, 5) is 37.1. The third-order valence-electron chi connectivity index (χ3n) is 7.31. The molecule has 0 radical (unpaired) electrons. The van der Waals surface area contributed by atoms with Crippen LogP contribution < -0.4 is 10.6 Å². The molecule has 3 N–H and O–H groups in total. The Morgan fingerprint density at radius 1 is 1.22 bits per heavy atom. The van der Waals surface area contributed by atoms with E-state index in [1.165, 1.54) is 11.2 Å². The first kappa shape index (κ1) is 25.5. The number of nitrogens with zero attached hydrogens (tertiary/aromatic N) is 6. The van der Waals surface area contributed by atoms with E-state index in [2.05, 4.69) is 30.9 Å². The highest BCUT2D eigenvalue weighted by Gasteiger charge is 2.46. The van der Waals surface area contributed by atoms with Crippen molar-refractivity contribution in [2.45, 2.75) is 82.6 Å². The lowest BCUT2D eigenvalue weighted by molar-refractivity contribution is -0.144. The van der Waals surface area contributed by atoms with Gasteiger partial charge in [0.25, 0.3) is 0 Å². The molecule has 12 nitrogen and oxygen atoms in total. The van der Waals surface area contributed by atoms with E-state index in [9.17, 15) is 14.7 Å². The highest BCUT2D eigenvalue weighted by molar-refractivity contribution is 5.90. The predicted octanol–water partition coefficient (Wildman–Crippen LogP) is 0.880. The van der Waals surface area contributed by atoms with Crippen LogP contribution in [-0.2, 0) is 14.3 Å². The summed E-state index contributed by atoms with van der Waals surface area (Å²) >= 11 is 0. The van der Waals surface area contributed by atoms with E-state index in [0.29, 0.717) is 31.4 Å². The number of aromatic nitrogens is 5. The van der Waals surface area contributed by atoms with Gasteiger partial charge >= 0.3 is 0 Å². The number of anilines is 1.